The molecule has 1 heterocycles. The summed E-state index contributed by atoms with van der Waals surface area (Å²) in [5, 5.41) is 3.90. The molecule has 148 valence electrons. The highest BCUT2D eigenvalue weighted by atomic mass is 19.4. The second-order valence-electron chi connectivity index (χ2n) is 5.67. The fourth-order valence-electron chi connectivity index (χ4n) is 2.51. The van der Waals surface area contributed by atoms with E-state index in [1.807, 2.05) is 0 Å². The molecule has 1 aliphatic heterocycles. The molecule has 1 fully saturated rings. The van der Waals surface area contributed by atoms with E-state index in [2.05, 4.69) is 5.32 Å². The zero-order valence-electron chi connectivity index (χ0n) is 13.4. The first-order chi connectivity index (χ1) is 12.4. The van der Waals surface area contributed by atoms with Gasteiger partial charge in [-0.05, 0) is 37.1 Å². The second kappa shape index (κ2) is 7.45. The molecule has 0 saturated carbocycles. The minimum Gasteiger partial charge on any atom is -0.324 e. The maximum atomic E-state index is 12.6. The molecule has 27 heavy (non-hydrogen) atoms. The predicted octanol–water partition coefficient (Wildman–Crippen LogP) is 2.68. The third-order valence-electron chi connectivity index (χ3n) is 3.73. The molecule has 0 radical (unpaired) electrons. The van der Waals surface area contributed by atoms with Crippen molar-refractivity contribution < 1.29 is 40.7 Å². The standard InChI is InChI=1S/C15H13F6N3O3/c16-14(17,18)12(26)23-9-5-3-8(4-6-9)22-11(25)10-2-1-7-24(10)13(27)15(19,20)21/h3-6,10H,1-2,7H2,(H,22,25)(H,23,26). The summed E-state index contributed by atoms with van der Waals surface area (Å²) in [7, 11) is 0. The molecule has 3 amide bonds. The lowest BCUT2D eigenvalue weighted by atomic mass is 10.2. The normalized spacial score (nSPS) is 17.6. The van der Waals surface area contributed by atoms with Gasteiger partial charge in [-0.15, -0.1) is 0 Å². The Labute approximate surface area is 148 Å². The first kappa shape index (κ1) is 20.5. The zero-order valence-corrected chi connectivity index (χ0v) is 13.4. The largest absolute Gasteiger partial charge is 0.471 e. The maximum Gasteiger partial charge on any atom is 0.471 e. The summed E-state index contributed by atoms with van der Waals surface area (Å²) < 4.78 is 74.2. The van der Waals surface area contributed by atoms with Crippen LogP contribution in [-0.4, -0.2) is 47.6 Å². The molecule has 1 aromatic rings. The summed E-state index contributed by atoms with van der Waals surface area (Å²) in [5.41, 5.74) is -0.110. The number of hydrogen-bond donors (Lipinski definition) is 2. The van der Waals surface area contributed by atoms with Crippen LogP contribution >= 0.6 is 0 Å². The van der Waals surface area contributed by atoms with Gasteiger partial charge in [0.25, 0.3) is 0 Å². The van der Waals surface area contributed by atoms with E-state index in [1.54, 1.807) is 5.32 Å². The number of halogens is 6. The van der Waals surface area contributed by atoms with Crippen molar-refractivity contribution in [3.63, 3.8) is 0 Å². The van der Waals surface area contributed by atoms with E-state index in [1.165, 1.54) is 0 Å². The zero-order chi connectivity index (χ0) is 20.4. The molecular formula is C15H13F6N3O3. The predicted molar refractivity (Wildman–Crippen MR) is 80.5 cm³/mol. The summed E-state index contributed by atoms with van der Waals surface area (Å²) >= 11 is 0. The van der Waals surface area contributed by atoms with E-state index in [4.69, 9.17) is 0 Å². The summed E-state index contributed by atoms with van der Waals surface area (Å²) in [4.78, 5) is 34.8. The minimum absolute atomic E-state index is 0.0490. The summed E-state index contributed by atoms with van der Waals surface area (Å²) in [6, 6.07) is 3.17. The van der Waals surface area contributed by atoms with Gasteiger partial charge in [-0.25, -0.2) is 0 Å². The van der Waals surface area contributed by atoms with Crippen LogP contribution in [0.25, 0.3) is 0 Å². The average Bonchev–Trinajstić information content (AvgIpc) is 3.03. The van der Waals surface area contributed by atoms with Crippen LogP contribution in [0.2, 0.25) is 0 Å². The van der Waals surface area contributed by atoms with Gasteiger partial charge in [-0.1, -0.05) is 0 Å². The number of alkyl halides is 6. The van der Waals surface area contributed by atoms with Crippen molar-refractivity contribution in [2.24, 2.45) is 0 Å². The van der Waals surface area contributed by atoms with Crippen LogP contribution in [-0.2, 0) is 14.4 Å². The monoisotopic (exact) mass is 397 g/mol. The number of hydrogen-bond acceptors (Lipinski definition) is 3. The Balaban J connectivity index is 2.01. The second-order valence-corrected chi connectivity index (χ2v) is 5.67. The highest BCUT2D eigenvalue weighted by Crippen LogP contribution is 2.27. The summed E-state index contributed by atoms with van der Waals surface area (Å²) in [5.74, 6) is -5.13. The fraction of sp³-hybridized carbons (Fsp3) is 0.400. The molecule has 0 aromatic heterocycles. The van der Waals surface area contributed by atoms with Crippen LogP contribution in [0.3, 0.4) is 0 Å². The van der Waals surface area contributed by atoms with Crippen molar-refractivity contribution in [3.8, 4) is 0 Å². The van der Waals surface area contributed by atoms with Crippen LogP contribution < -0.4 is 10.6 Å². The molecule has 1 aliphatic rings. The van der Waals surface area contributed by atoms with E-state index in [0.29, 0.717) is 4.90 Å². The summed E-state index contributed by atoms with van der Waals surface area (Å²) in [6.45, 7) is -0.209. The van der Waals surface area contributed by atoms with Gasteiger partial charge in [0, 0.05) is 17.9 Å². The number of likely N-dealkylation sites (tertiary alicyclic amines) is 1. The molecule has 2 rings (SSSR count). The van der Waals surface area contributed by atoms with Crippen LogP contribution in [0.15, 0.2) is 24.3 Å². The number of amides is 3. The lowest BCUT2D eigenvalue weighted by molar-refractivity contribution is -0.186. The Bertz CT molecular complexity index is 730. The highest BCUT2D eigenvalue weighted by molar-refractivity contribution is 5.99. The number of benzene rings is 1. The van der Waals surface area contributed by atoms with Gasteiger partial charge in [0.2, 0.25) is 5.91 Å². The molecule has 1 saturated heterocycles. The van der Waals surface area contributed by atoms with Crippen LogP contribution in [0.5, 0.6) is 0 Å². The molecule has 2 N–H and O–H groups in total. The van der Waals surface area contributed by atoms with Crippen LogP contribution in [0.4, 0.5) is 37.7 Å². The van der Waals surface area contributed by atoms with Gasteiger partial charge in [-0.2, -0.15) is 26.3 Å². The van der Waals surface area contributed by atoms with Gasteiger partial charge in [0.1, 0.15) is 6.04 Å². The van der Waals surface area contributed by atoms with Crippen molar-refractivity contribution in [2.75, 3.05) is 17.2 Å². The minimum atomic E-state index is -5.10. The van der Waals surface area contributed by atoms with Gasteiger partial charge in [-0.3, -0.25) is 14.4 Å². The van der Waals surface area contributed by atoms with Crippen LogP contribution in [0, 0.1) is 0 Å². The van der Waals surface area contributed by atoms with Crippen molar-refractivity contribution >= 4 is 29.1 Å². The Kier molecular flexibility index (Phi) is 5.66. The van der Waals surface area contributed by atoms with E-state index in [9.17, 15) is 40.7 Å². The van der Waals surface area contributed by atoms with E-state index in [0.717, 1.165) is 24.3 Å². The Hall–Kier alpha value is -2.79. The fourth-order valence-corrected chi connectivity index (χ4v) is 2.51. The van der Waals surface area contributed by atoms with Crippen molar-refractivity contribution in [2.45, 2.75) is 31.2 Å². The first-order valence-electron chi connectivity index (χ1n) is 7.56. The SMILES string of the molecule is O=C(Nc1ccc(NC(=O)C(F)(F)F)cc1)C1CCCN1C(=O)C(F)(F)F. The number of rotatable bonds is 3. The molecule has 1 unspecified atom stereocenters. The molecule has 12 heteroatoms. The number of nitrogens with zero attached hydrogens (tertiary/aromatic N) is 1. The number of carbonyl (C=O) groups is 3. The van der Waals surface area contributed by atoms with Gasteiger partial charge in [0.15, 0.2) is 0 Å². The first-order valence-corrected chi connectivity index (χ1v) is 7.56. The van der Waals surface area contributed by atoms with Crippen molar-refractivity contribution in [1.29, 1.82) is 0 Å². The quantitative estimate of drug-likeness (QED) is 0.770. The Morgan fingerprint density at radius 2 is 1.41 bits per heavy atom. The highest BCUT2D eigenvalue weighted by Gasteiger charge is 2.47. The van der Waals surface area contributed by atoms with E-state index >= 15 is 0 Å². The average molecular weight is 397 g/mol. The molecule has 0 bridgehead atoms. The summed E-state index contributed by atoms with van der Waals surface area (Å²) in [6.07, 6.45) is -9.89. The molecule has 1 atom stereocenters. The van der Waals surface area contributed by atoms with Crippen molar-refractivity contribution in [1.82, 2.24) is 4.90 Å². The molecule has 6 nitrogen and oxygen atoms in total. The number of anilines is 2. The Morgan fingerprint density at radius 1 is 0.889 bits per heavy atom. The maximum absolute atomic E-state index is 12.6. The molecule has 0 spiro atoms. The van der Waals surface area contributed by atoms with Crippen molar-refractivity contribution in [3.05, 3.63) is 24.3 Å². The Morgan fingerprint density at radius 3 is 1.89 bits per heavy atom. The number of nitrogens with one attached hydrogen (secondary N) is 2. The molecule has 0 aliphatic carbocycles. The van der Waals surface area contributed by atoms with Gasteiger partial charge >= 0.3 is 24.2 Å². The smallest absolute Gasteiger partial charge is 0.324 e. The van der Waals surface area contributed by atoms with E-state index < -0.39 is 36.1 Å². The van der Waals surface area contributed by atoms with Crippen LogP contribution in [0.1, 0.15) is 12.8 Å². The number of carbonyl (C=O) groups excluding carboxylic acids is 3. The third kappa shape index (κ3) is 5.11. The lowest BCUT2D eigenvalue weighted by Gasteiger charge is -2.24. The van der Waals surface area contributed by atoms with Gasteiger partial charge < -0.3 is 15.5 Å². The van der Waals surface area contributed by atoms with Gasteiger partial charge in [0.05, 0.1) is 0 Å². The lowest BCUT2D eigenvalue weighted by Crippen LogP contribution is -2.48. The van der Waals surface area contributed by atoms with E-state index in [-0.39, 0.29) is 30.8 Å². The molecule has 1 aromatic carbocycles. The third-order valence-corrected chi connectivity index (χ3v) is 3.73. The molecular weight excluding hydrogens is 384 g/mol. The topological polar surface area (TPSA) is 78.5 Å².